The zero-order chi connectivity index (χ0) is 34.9. The summed E-state index contributed by atoms with van der Waals surface area (Å²) in [5, 5.41) is 19.0. The van der Waals surface area contributed by atoms with Gasteiger partial charge >= 0.3 is 19.8 Å². The van der Waals surface area contributed by atoms with Crippen LogP contribution in [0.25, 0.3) is 0 Å². The van der Waals surface area contributed by atoms with Crippen molar-refractivity contribution in [2.24, 2.45) is 0 Å². The summed E-state index contributed by atoms with van der Waals surface area (Å²) in [6.45, 7) is 2.09. The van der Waals surface area contributed by atoms with E-state index in [1.165, 1.54) is 32.1 Å². The monoisotopic (exact) mass is 690 g/mol. The van der Waals surface area contributed by atoms with E-state index in [9.17, 15) is 29.3 Å². The normalized spacial score (nSPS) is 14.4. The molecule has 0 aliphatic rings. The Hall–Kier alpha value is -1.55. The molecule has 3 atom stereocenters. The van der Waals surface area contributed by atoms with Gasteiger partial charge in [-0.3, -0.25) is 18.6 Å². The lowest BCUT2D eigenvalue weighted by Gasteiger charge is -2.20. The van der Waals surface area contributed by atoms with E-state index in [4.69, 9.17) is 18.5 Å². The maximum Gasteiger partial charge on any atom is 0.472 e. The maximum absolute atomic E-state index is 12.3. The van der Waals surface area contributed by atoms with Gasteiger partial charge in [0.1, 0.15) is 12.2 Å². The number of ether oxygens (including phenoxy) is 2. The molecular weight excluding hydrogens is 623 g/mol. The van der Waals surface area contributed by atoms with Crippen LogP contribution in [0.1, 0.15) is 155 Å². The van der Waals surface area contributed by atoms with Crippen molar-refractivity contribution >= 4 is 19.8 Å². The lowest BCUT2D eigenvalue weighted by Crippen LogP contribution is -2.28. The number of rotatable bonds is 34. The minimum absolute atomic E-state index is 0.181. The van der Waals surface area contributed by atoms with Gasteiger partial charge in [-0.25, -0.2) is 4.57 Å². The van der Waals surface area contributed by atoms with E-state index in [1.54, 1.807) is 0 Å². The molecule has 0 aromatic rings. The molecule has 47 heavy (non-hydrogen) atoms. The Morgan fingerprint density at radius 3 is 1.30 bits per heavy atom. The Kier molecular flexibility index (Phi) is 31.9. The van der Waals surface area contributed by atoms with Gasteiger partial charge in [-0.15, -0.1) is 0 Å². The van der Waals surface area contributed by atoms with E-state index in [0.717, 1.165) is 83.5 Å². The van der Waals surface area contributed by atoms with Gasteiger partial charge in [-0.2, -0.15) is 0 Å². The second kappa shape index (κ2) is 33.0. The van der Waals surface area contributed by atoms with Crippen LogP contribution in [-0.4, -0.2) is 65.7 Å². The van der Waals surface area contributed by atoms with Crippen LogP contribution < -0.4 is 0 Å². The molecule has 276 valence electrons. The molecule has 3 unspecified atom stereocenters. The predicted octanol–water partition coefficient (Wildman–Crippen LogP) is 8.66. The van der Waals surface area contributed by atoms with Crippen molar-refractivity contribution in [1.29, 1.82) is 0 Å². The Morgan fingerprint density at radius 2 is 0.915 bits per heavy atom. The molecular formula is C36H67O10P. The predicted molar refractivity (Wildman–Crippen MR) is 187 cm³/mol. The first-order valence-electron chi connectivity index (χ1n) is 18.3. The van der Waals surface area contributed by atoms with Crippen molar-refractivity contribution in [1.82, 2.24) is 0 Å². The lowest BCUT2D eigenvalue weighted by atomic mass is 10.1. The third-order valence-corrected chi connectivity index (χ3v) is 8.57. The minimum atomic E-state index is -4.63. The number of carbonyl (C=O) groups is 2. The Morgan fingerprint density at radius 1 is 0.553 bits per heavy atom. The van der Waals surface area contributed by atoms with E-state index in [-0.39, 0.29) is 12.8 Å². The molecule has 0 aliphatic heterocycles. The quantitative estimate of drug-likeness (QED) is 0.0259. The molecule has 0 saturated carbocycles. The van der Waals surface area contributed by atoms with Crippen molar-refractivity contribution < 1.29 is 47.8 Å². The highest BCUT2D eigenvalue weighted by molar-refractivity contribution is 7.47. The summed E-state index contributed by atoms with van der Waals surface area (Å²) in [6, 6.07) is 0. The van der Waals surface area contributed by atoms with Gasteiger partial charge in [0.2, 0.25) is 0 Å². The SMILES string of the molecule is CCC/C=C\CCCCCCCC(=O)OC(CO)COP(=O)(O)OCC(CO)OC(=O)CCCCCCC/C=C\CCCCCCC. The highest BCUT2D eigenvalue weighted by Crippen LogP contribution is 2.43. The van der Waals surface area contributed by atoms with Gasteiger partial charge in [-0.05, 0) is 57.8 Å². The molecule has 0 aromatic heterocycles. The number of hydrogen-bond donors (Lipinski definition) is 3. The van der Waals surface area contributed by atoms with Crippen LogP contribution in [0.5, 0.6) is 0 Å². The minimum Gasteiger partial charge on any atom is -0.457 e. The second-order valence-corrected chi connectivity index (χ2v) is 13.6. The molecule has 0 rings (SSSR count). The molecule has 0 bridgehead atoms. The van der Waals surface area contributed by atoms with Gasteiger partial charge in [0.25, 0.3) is 0 Å². The summed E-state index contributed by atoms with van der Waals surface area (Å²) < 4.78 is 32.3. The molecule has 0 amide bonds. The summed E-state index contributed by atoms with van der Waals surface area (Å²) in [4.78, 5) is 34.2. The second-order valence-electron chi connectivity index (χ2n) is 12.2. The summed E-state index contributed by atoms with van der Waals surface area (Å²) in [6.07, 6.45) is 28.8. The molecule has 0 aromatic carbocycles. The zero-order valence-corrected chi connectivity index (χ0v) is 30.4. The number of aliphatic hydroxyl groups is 2. The highest BCUT2D eigenvalue weighted by atomic mass is 31.2. The number of phosphoric ester groups is 1. The fraction of sp³-hybridized carbons (Fsp3) is 0.833. The van der Waals surface area contributed by atoms with E-state index in [0.29, 0.717) is 12.8 Å². The third kappa shape index (κ3) is 31.5. The first-order chi connectivity index (χ1) is 22.8. The number of aliphatic hydroxyl groups excluding tert-OH is 2. The average molecular weight is 691 g/mol. The third-order valence-electron chi connectivity index (χ3n) is 7.62. The number of unbranched alkanes of at least 4 members (excludes halogenated alkanes) is 16. The number of carbonyl (C=O) groups excluding carboxylic acids is 2. The molecule has 0 spiro atoms. The number of allylic oxidation sites excluding steroid dienone is 4. The van der Waals surface area contributed by atoms with Crippen LogP contribution in [0, 0.1) is 0 Å². The van der Waals surface area contributed by atoms with E-state index >= 15 is 0 Å². The van der Waals surface area contributed by atoms with Crippen molar-refractivity contribution in [3.63, 3.8) is 0 Å². The highest BCUT2D eigenvalue weighted by Gasteiger charge is 2.27. The molecule has 11 heteroatoms. The largest absolute Gasteiger partial charge is 0.472 e. The van der Waals surface area contributed by atoms with Crippen LogP contribution in [0.2, 0.25) is 0 Å². The summed E-state index contributed by atoms with van der Waals surface area (Å²) in [7, 11) is -4.63. The fourth-order valence-corrected chi connectivity index (χ4v) is 5.54. The molecule has 0 fully saturated rings. The Balaban J connectivity index is 4.02. The molecule has 3 N–H and O–H groups in total. The van der Waals surface area contributed by atoms with Gasteiger partial charge < -0.3 is 24.6 Å². The van der Waals surface area contributed by atoms with Crippen LogP contribution >= 0.6 is 7.82 Å². The lowest BCUT2D eigenvalue weighted by molar-refractivity contribution is -0.153. The summed E-state index contributed by atoms with van der Waals surface area (Å²) >= 11 is 0. The first-order valence-corrected chi connectivity index (χ1v) is 19.8. The number of phosphoric acid groups is 1. The molecule has 0 saturated heterocycles. The van der Waals surface area contributed by atoms with Crippen LogP contribution in [0.4, 0.5) is 0 Å². The van der Waals surface area contributed by atoms with Crippen molar-refractivity contribution in [2.45, 2.75) is 167 Å². The van der Waals surface area contributed by atoms with Gasteiger partial charge in [0, 0.05) is 12.8 Å². The van der Waals surface area contributed by atoms with E-state index < -0.39 is 58.4 Å². The number of hydrogen-bond acceptors (Lipinski definition) is 9. The summed E-state index contributed by atoms with van der Waals surface area (Å²) in [5.74, 6) is -1.04. The van der Waals surface area contributed by atoms with Crippen LogP contribution in [0.3, 0.4) is 0 Å². The standard InChI is InChI=1S/C36H67O10P/c1-3-5-7-9-11-13-15-16-17-18-20-22-24-26-28-36(40)46-34(30-38)32-44-47(41,42)43-31-33(29-37)45-35(39)27-25-23-21-19-14-12-10-8-6-4-2/h8,10,15-16,33-34,37-38H,3-7,9,11-14,17-32H2,1-2H3,(H,41,42)/b10-8-,16-15-. The van der Waals surface area contributed by atoms with Gasteiger partial charge in [0.15, 0.2) is 0 Å². The topological polar surface area (TPSA) is 149 Å². The number of esters is 2. The average Bonchev–Trinajstić information content (AvgIpc) is 3.05. The zero-order valence-electron chi connectivity index (χ0n) is 29.5. The maximum atomic E-state index is 12.3. The fourth-order valence-electron chi connectivity index (χ4n) is 4.76. The van der Waals surface area contributed by atoms with Gasteiger partial charge in [0.05, 0.1) is 26.4 Å². The van der Waals surface area contributed by atoms with E-state index in [2.05, 4.69) is 38.2 Å². The molecule has 0 aliphatic carbocycles. The van der Waals surface area contributed by atoms with Crippen molar-refractivity contribution in [3.05, 3.63) is 24.3 Å². The Labute approximate surface area is 285 Å². The smallest absolute Gasteiger partial charge is 0.457 e. The van der Waals surface area contributed by atoms with Crippen molar-refractivity contribution in [3.8, 4) is 0 Å². The van der Waals surface area contributed by atoms with Gasteiger partial charge in [-0.1, -0.05) is 109 Å². The molecule has 0 heterocycles. The van der Waals surface area contributed by atoms with Crippen LogP contribution in [0.15, 0.2) is 24.3 Å². The van der Waals surface area contributed by atoms with E-state index in [1.807, 2.05) is 0 Å². The summed E-state index contributed by atoms with van der Waals surface area (Å²) in [5.41, 5.74) is 0. The Bertz CT molecular complexity index is 848. The molecule has 10 nitrogen and oxygen atoms in total. The molecule has 0 radical (unpaired) electrons. The van der Waals surface area contributed by atoms with Crippen LogP contribution in [-0.2, 0) is 32.7 Å². The first kappa shape index (κ1) is 45.5. The van der Waals surface area contributed by atoms with Crippen molar-refractivity contribution in [2.75, 3.05) is 26.4 Å².